The third-order valence-corrected chi connectivity index (χ3v) is 7.35. The summed E-state index contributed by atoms with van der Waals surface area (Å²) in [6.45, 7) is 14.6. The van der Waals surface area contributed by atoms with Crippen LogP contribution >= 0.6 is 0 Å². The summed E-state index contributed by atoms with van der Waals surface area (Å²) in [5.41, 5.74) is 10.9. The minimum atomic E-state index is 0.973. The van der Waals surface area contributed by atoms with Crippen molar-refractivity contribution >= 4 is 35.1 Å². The summed E-state index contributed by atoms with van der Waals surface area (Å²) in [5, 5.41) is 5.16. The van der Waals surface area contributed by atoms with Crippen LogP contribution in [-0.4, -0.2) is 0 Å². The van der Waals surface area contributed by atoms with Crippen LogP contribution in [0, 0.1) is 6.92 Å². The predicted octanol–water partition coefficient (Wildman–Crippen LogP) is 9.43. The van der Waals surface area contributed by atoms with Gasteiger partial charge in [-0.25, -0.2) is 0 Å². The van der Waals surface area contributed by atoms with E-state index in [2.05, 4.69) is 137 Å². The molecule has 38 heavy (non-hydrogen) atoms. The van der Waals surface area contributed by atoms with E-state index in [0.717, 1.165) is 17.5 Å². The maximum absolute atomic E-state index is 4.06. The molecule has 0 bridgehead atoms. The summed E-state index contributed by atoms with van der Waals surface area (Å²) in [7, 11) is 0. The van der Waals surface area contributed by atoms with Crippen molar-refractivity contribution in [3.05, 3.63) is 131 Å². The lowest BCUT2D eigenvalue weighted by Gasteiger charge is -2.17. The van der Waals surface area contributed by atoms with E-state index in [0.29, 0.717) is 0 Å². The third kappa shape index (κ3) is 4.44. The maximum atomic E-state index is 4.06. The molecule has 0 amide bonds. The average Bonchev–Trinajstić information content (AvgIpc) is 2.96. The molecule has 0 aromatic heterocycles. The molecule has 0 unspecified atom stereocenters. The molecule has 0 saturated carbocycles. The van der Waals surface area contributed by atoms with Crippen LogP contribution in [0.1, 0.15) is 37.0 Å². The van der Waals surface area contributed by atoms with Gasteiger partial charge in [0.05, 0.1) is 0 Å². The Hall–Kier alpha value is -4.42. The summed E-state index contributed by atoms with van der Waals surface area (Å²) < 4.78 is 0. The first kappa shape index (κ1) is 25.2. The van der Waals surface area contributed by atoms with Crippen molar-refractivity contribution in [2.45, 2.75) is 27.2 Å². The van der Waals surface area contributed by atoms with Gasteiger partial charge >= 0.3 is 0 Å². The Labute approximate surface area is 226 Å². The van der Waals surface area contributed by atoms with E-state index >= 15 is 0 Å². The van der Waals surface area contributed by atoms with Gasteiger partial charge in [0.15, 0.2) is 0 Å². The molecule has 0 nitrogen and oxygen atoms in total. The first-order valence-corrected chi connectivity index (χ1v) is 13.4. The molecular weight excluding hydrogens is 456 g/mol. The zero-order valence-electron chi connectivity index (χ0n) is 22.6. The van der Waals surface area contributed by atoms with E-state index < -0.39 is 0 Å². The van der Waals surface area contributed by atoms with Gasteiger partial charge in [0.25, 0.3) is 0 Å². The van der Waals surface area contributed by atoms with Crippen LogP contribution in [-0.2, 0) is 0 Å². The Balaban J connectivity index is 1.80. The second-order valence-corrected chi connectivity index (χ2v) is 9.69. The molecule has 0 heterocycles. The van der Waals surface area contributed by atoms with E-state index in [-0.39, 0.29) is 0 Å². The fourth-order valence-electron chi connectivity index (χ4n) is 5.67. The molecule has 5 rings (SSSR count). The highest BCUT2D eigenvalue weighted by Crippen LogP contribution is 2.34. The van der Waals surface area contributed by atoms with Crippen LogP contribution in [0.2, 0.25) is 0 Å². The number of aryl methyl sites for hydroxylation is 1. The van der Waals surface area contributed by atoms with Crippen LogP contribution in [0.3, 0.4) is 0 Å². The Bertz CT molecular complexity index is 1780. The standard InChI is InChI=1S/C38H34/c1-6-14-34-32(9-4)37(35-18-10-11-19-36(35)38(34)30-17-12-15-26(5)25-30)29-23-21-28(22-24-29)33-20-13-16-27(7-2)31(33)8-3/h7-25H,2-3,6H2,1,4-5H3/b32-9+,34-14+. The number of benzene rings is 5. The Morgan fingerprint density at radius 1 is 0.658 bits per heavy atom. The Morgan fingerprint density at radius 3 is 1.92 bits per heavy atom. The lowest BCUT2D eigenvalue weighted by molar-refractivity contribution is 1.28. The minimum Gasteiger partial charge on any atom is -0.0984 e. The molecule has 0 radical (unpaired) electrons. The summed E-state index contributed by atoms with van der Waals surface area (Å²) in [5.74, 6) is 0. The van der Waals surface area contributed by atoms with Crippen molar-refractivity contribution in [2.75, 3.05) is 0 Å². The van der Waals surface area contributed by atoms with E-state index in [1.807, 2.05) is 12.2 Å². The second-order valence-electron chi connectivity index (χ2n) is 9.69. The summed E-state index contributed by atoms with van der Waals surface area (Å²) in [6.07, 6.45) is 9.45. The fourth-order valence-corrected chi connectivity index (χ4v) is 5.67. The first-order chi connectivity index (χ1) is 18.6. The average molecular weight is 491 g/mol. The molecular formula is C38H34. The Kier molecular flexibility index (Phi) is 7.24. The van der Waals surface area contributed by atoms with Crippen LogP contribution in [0.4, 0.5) is 0 Å². The lowest BCUT2D eigenvalue weighted by atomic mass is 9.87. The van der Waals surface area contributed by atoms with Crippen molar-refractivity contribution in [3.8, 4) is 33.4 Å². The molecule has 0 N–H and O–H groups in total. The molecule has 0 spiro atoms. The summed E-state index contributed by atoms with van der Waals surface area (Å²) in [4.78, 5) is 0. The number of hydrogen-bond acceptors (Lipinski definition) is 0. The van der Waals surface area contributed by atoms with E-state index in [1.54, 1.807) is 0 Å². The number of fused-ring (bicyclic) bond motifs is 1. The first-order valence-electron chi connectivity index (χ1n) is 13.4. The van der Waals surface area contributed by atoms with Gasteiger partial charge in [0.2, 0.25) is 0 Å². The topological polar surface area (TPSA) is 0 Å². The summed E-state index contributed by atoms with van der Waals surface area (Å²) in [6, 6.07) is 33.0. The molecule has 5 aromatic carbocycles. The molecule has 0 atom stereocenters. The maximum Gasteiger partial charge on any atom is -0.00296 e. The third-order valence-electron chi connectivity index (χ3n) is 7.35. The van der Waals surface area contributed by atoms with Gasteiger partial charge < -0.3 is 0 Å². The van der Waals surface area contributed by atoms with Crippen LogP contribution in [0.15, 0.2) is 104 Å². The molecule has 0 aliphatic carbocycles. The SMILES string of the molecule is C=Cc1cccc(-c2ccc(-c3c(=C/C)/c(=C\CC)c(-c4cccc(C)c4)c4ccccc34)cc2)c1C=C. The van der Waals surface area contributed by atoms with Gasteiger partial charge in [-0.05, 0) is 86.0 Å². The highest BCUT2D eigenvalue weighted by molar-refractivity contribution is 6.05. The minimum absolute atomic E-state index is 0.973. The van der Waals surface area contributed by atoms with Gasteiger partial charge in [-0.3, -0.25) is 0 Å². The van der Waals surface area contributed by atoms with Gasteiger partial charge in [-0.1, -0.05) is 141 Å². The molecule has 0 aliphatic rings. The van der Waals surface area contributed by atoms with Crippen LogP contribution in [0.5, 0.6) is 0 Å². The van der Waals surface area contributed by atoms with E-state index in [1.165, 1.54) is 60.2 Å². The van der Waals surface area contributed by atoms with E-state index in [9.17, 15) is 0 Å². The number of hydrogen-bond donors (Lipinski definition) is 0. The van der Waals surface area contributed by atoms with E-state index in [4.69, 9.17) is 0 Å². The molecule has 0 fully saturated rings. The number of rotatable bonds is 6. The van der Waals surface area contributed by atoms with Gasteiger partial charge in [-0.2, -0.15) is 0 Å². The van der Waals surface area contributed by atoms with Gasteiger partial charge in [0, 0.05) is 0 Å². The molecule has 186 valence electrons. The van der Waals surface area contributed by atoms with Crippen molar-refractivity contribution in [1.82, 2.24) is 0 Å². The van der Waals surface area contributed by atoms with Crippen LogP contribution in [0.25, 0.3) is 68.5 Å². The zero-order chi connectivity index (χ0) is 26.6. The smallest absolute Gasteiger partial charge is 0.00296 e. The van der Waals surface area contributed by atoms with Crippen molar-refractivity contribution in [2.24, 2.45) is 0 Å². The van der Waals surface area contributed by atoms with Crippen molar-refractivity contribution < 1.29 is 0 Å². The van der Waals surface area contributed by atoms with Crippen molar-refractivity contribution in [3.63, 3.8) is 0 Å². The largest absolute Gasteiger partial charge is 0.0984 e. The molecule has 0 aliphatic heterocycles. The van der Waals surface area contributed by atoms with Gasteiger partial charge in [0.1, 0.15) is 0 Å². The monoisotopic (exact) mass is 490 g/mol. The second kappa shape index (κ2) is 10.9. The normalized spacial score (nSPS) is 12.2. The lowest BCUT2D eigenvalue weighted by Crippen LogP contribution is -2.29. The van der Waals surface area contributed by atoms with Gasteiger partial charge in [-0.15, -0.1) is 0 Å². The zero-order valence-corrected chi connectivity index (χ0v) is 22.6. The summed E-state index contributed by atoms with van der Waals surface area (Å²) >= 11 is 0. The molecule has 0 heteroatoms. The van der Waals surface area contributed by atoms with Crippen molar-refractivity contribution in [1.29, 1.82) is 0 Å². The highest BCUT2D eigenvalue weighted by atomic mass is 14.2. The fraction of sp³-hybridized carbons (Fsp3) is 0.105. The Morgan fingerprint density at radius 2 is 1.32 bits per heavy atom. The molecule has 0 saturated heterocycles. The predicted molar refractivity (Wildman–Crippen MR) is 169 cm³/mol. The highest BCUT2D eigenvalue weighted by Gasteiger charge is 2.15. The van der Waals surface area contributed by atoms with Crippen LogP contribution < -0.4 is 10.4 Å². The molecule has 5 aromatic rings. The quantitative estimate of drug-likeness (QED) is 0.222.